The molecule has 0 aromatic heterocycles. The summed E-state index contributed by atoms with van der Waals surface area (Å²) in [5.74, 6) is -0.599. The van der Waals surface area contributed by atoms with E-state index in [4.69, 9.17) is 10.3 Å². The third kappa shape index (κ3) is 5.03. The monoisotopic (exact) mass is 310 g/mol. The molecule has 0 fully saturated rings. The van der Waals surface area contributed by atoms with Crippen molar-refractivity contribution in [2.24, 2.45) is 0 Å². The Morgan fingerprint density at radius 1 is 1.32 bits per heavy atom. The van der Waals surface area contributed by atoms with Crippen molar-refractivity contribution in [2.45, 2.75) is 0 Å². The van der Waals surface area contributed by atoms with Crippen molar-refractivity contribution in [3.05, 3.63) is 24.3 Å². The van der Waals surface area contributed by atoms with E-state index in [-0.39, 0.29) is 0 Å². The topological polar surface area (TPSA) is 127 Å². The fourth-order valence-electron chi connectivity index (χ4n) is 1.26. The maximum absolute atomic E-state index is 11.9. The second-order valence-corrected chi connectivity index (χ2v) is 6.84. The summed E-state index contributed by atoms with van der Waals surface area (Å²) in [6, 6.07) is 6.19. The van der Waals surface area contributed by atoms with Gasteiger partial charge in [-0.25, -0.2) is 12.6 Å². The summed E-state index contributed by atoms with van der Waals surface area (Å²) in [6.07, 6.45) is 0. The van der Waals surface area contributed by atoms with Gasteiger partial charge in [0, 0.05) is 12.7 Å². The van der Waals surface area contributed by atoms with E-state index in [0.29, 0.717) is 11.4 Å². The van der Waals surface area contributed by atoms with Crippen LogP contribution in [0.15, 0.2) is 24.3 Å². The summed E-state index contributed by atoms with van der Waals surface area (Å²) >= 11 is 0. The minimum absolute atomic E-state index is 0.340. The van der Waals surface area contributed by atoms with Crippen LogP contribution in [0.3, 0.4) is 0 Å². The number of hydrogen-bond acceptors (Lipinski definition) is 6. The zero-order valence-corrected chi connectivity index (χ0v) is 11.7. The van der Waals surface area contributed by atoms with Gasteiger partial charge in [0.15, 0.2) is 0 Å². The maximum Gasteiger partial charge on any atom is 0.397 e. The number of nitrogens with two attached hydrogens (primary N) is 1. The molecule has 19 heavy (non-hydrogen) atoms. The molecule has 0 bridgehead atoms. The Labute approximate surface area is 111 Å². The fourth-order valence-corrected chi connectivity index (χ4v) is 2.66. The summed E-state index contributed by atoms with van der Waals surface area (Å²) in [6.45, 7) is -0.673. The van der Waals surface area contributed by atoms with Crippen molar-refractivity contribution < 1.29 is 25.6 Å². The van der Waals surface area contributed by atoms with Crippen LogP contribution in [0.4, 0.5) is 11.4 Å². The molecule has 1 aromatic rings. The molecule has 10 heteroatoms. The summed E-state index contributed by atoms with van der Waals surface area (Å²) in [5, 5.41) is 0. The lowest BCUT2D eigenvalue weighted by Gasteiger charge is -2.19. The molecule has 0 saturated carbocycles. The van der Waals surface area contributed by atoms with Gasteiger partial charge < -0.3 is 5.73 Å². The molecule has 0 aliphatic carbocycles. The van der Waals surface area contributed by atoms with Crippen LogP contribution in [-0.2, 0) is 24.6 Å². The minimum Gasteiger partial charge on any atom is -0.399 e. The van der Waals surface area contributed by atoms with Gasteiger partial charge in [-0.1, -0.05) is 6.07 Å². The molecule has 0 unspecified atom stereocenters. The number of sulfonamides is 1. The number of hydrogen-bond donors (Lipinski definition) is 2. The molecule has 3 N–H and O–H groups in total. The lowest BCUT2D eigenvalue weighted by atomic mass is 10.3. The van der Waals surface area contributed by atoms with Gasteiger partial charge in [0.1, 0.15) is 0 Å². The van der Waals surface area contributed by atoms with Gasteiger partial charge >= 0.3 is 10.4 Å². The standard InChI is InChI=1S/C9H14N2O6S2/c1-11(9-4-2-3-8(10)7-9)18(12,13)6-5-17-19(14,15)16/h2-4,7H,5-6,10H2,1H3,(H,14,15,16). The Morgan fingerprint density at radius 2 is 1.95 bits per heavy atom. The SMILES string of the molecule is CN(c1cccc(N)c1)S(=O)(=O)CCOS(=O)(=O)O. The maximum atomic E-state index is 11.9. The predicted molar refractivity (Wildman–Crippen MR) is 70.5 cm³/mol. The lowest BCUT2D eigenvalue weighted by Crippen LogP contribution is -2.31. The van der Waals surface area contributed by atoms with E-state index in [0.717, 1.165) is 4.31 Å². The van der Waals surface area contributed by atoms with E-state index >= 15 is 0 Å². The number of benzene rings is 1. The molecule has 8 nitrogen and oxygen atoms in total. The van der Waals surface area contributed by atoms with Crippen LogP contribution in [0.5, 0.6) is 0 Å². The van der Waals surface area contributed by atoms with E-state index < -0.39 is 32.8 Å². The summed E-state index contributed by atoms with van der Waals surface area (Å²) in [4.78, 5) is 0. The molecule has 0 heterocycles. The third-order valence-electron chi connectivity index (χ3n) is 2.22. The van der Waals surface area contributed by atoms with Crippen molar-refractivity contribution in [1.29, 1.82) is 0 Å². The highest BCUT2D eigenvalue weighted by atomic mass is 32.3. The van der Waals surface area contributed by atoms with Crippen molar-refractivity contribution in [1.82, 2.24) is 0 Å². The van der Waals surface area contributed by atoms with Gasteiger partial charge in [-0.2, -0.15) is 8.42 Å². The van der Waals surface area contributed by atoms with Crippen LogP contribution in [0.2, 0.25) is 0 Å². The lowest BCUT2D eigenvalue weighted by molar-refractivity contribution is 0.284. The third-order valence-corrected chi connectivity index (χ3v) is 4.42. The molecule has 1 aromatic carbocycles. The number of nitrogens with zero attached hydrogens (tertiary/aromatic N) is 1. The Balaban J connectivity index is 2.77. The summed E-state index contributed by atoms with van der Waals surface area (Å²) in [5.41, 5.74) is 6.27. The Morgan fingerprint density at radius 3 is 2.47 bits per heavy atom. The number of nitrogen functional groups attached to an aromatic ring is 1. The molecule has 0 amide bonds. The van der Waals surface area contributed by atoms with E-state index in [1.807, 2.05) is 0 Å². The molecule has 0 aliphatic heterocycles. The zero-order chi connectivity index (χ0) is 14.7. The average molecular weight is 310 g/mol. The van der Waals surface area contributed by atoms with Gasteiger partial charge in [0.05, 0.1) is 18.0 Å². The molecule has 0 atom stereocenters. The minimum atomic E-state index is -4.65. The summed E-state index contributed by atoms with van der Waals surface area (Å²) < 4.78 is 57.6. The van der Waals surface area contributed by atoms with Crippen molar-refractivity contribution in [2.75, 3.05) is 29.4 Å². The van der Waals surface area contributed by atoms with Crippen LogP contribution in [-0.4, -0.2) is 40.8 Å². The highest BCUT2D eigenvalue weighted by Crippen LogP contribution is 2.19. The second-order valence-electron chi connectivity index (χ2n) is 3.63. The second kappa shape index (κ2) is 5.74. The number of anilines is 2. The van der Waals surface area contributed by atoms with Gasteiger partial charge in [-0.15, -0.1) is 0 Å². The van der Waals surface area contributed by atoms with Crippen LogP contribution in [0.25, 0.3) is 0 Å². The molecule has 0 radical (unpaired) electrons. The number of rotatable bonds is 6. The first-order chi connectivity index (χ1) is 8.62. The van der Waals surface area contributed by atoms with E-state index in [9.17, 15) is 16.8 Å². The van der Waals surface area contributed by atoms with Gasteiger partial charge in [0.25, 0.3) is 0 Å². The Bertz CT molecular complexity index is 640. The average Bonchev–Trinajstić information content (AvgIpc) is 2.25. The van der Waals surface area contributed by atoms with Gasteiger partial charge in [-0.05, 0) is 18.2 Å². The van der Waals surface area contributed by atoms with Crippen molar-refractivity contribution in [3.8, 4) is 0 Å². The van der Waals surface area contributed by atoms with E-state index in [1.54, 1.807) is 12.1 Å². The van der Waals surface area contributed by atoms with Crippen LogP contribution >= 0.6 is 0 Å². The molecular formula is C9H14N2O6S2. The van der Waals surface area contributed by atoms with Crippen LogP contribution in [0, 0.1) is 0 Å². The smallest absolute Gasteiger partial charge is 0.397 e. The molecule has 1 rings (SSSR count). The summed E-state index contributed by atoms with van der Waals surface area (Å²) in [7, 11) is -7.12. The first-order valence-corrected chi connectivity index (χ1v) is 8.03. The van der Waals surface area contributed by atoms with E-state index in [2.05, 4.69) is 4.18 Å². The van der Waals surface area contributed by atoms with Crippen LogP contribution in [0.1, 0.15) is 0 Å². The van der Waals surface area contributed by atoms with Gasteiger partial charge in [0.2, 0.25) is 10.0 Å². The highest BCUT2D eigenvalue weighted by molar-refractivity contribution is 7.92. The largest absolute Gasteiger partial charge is 0.399 e. The fraction of sp³-hybridized carbons (Fsp3) is 0.333. The molecule has 0 aliphatic rings. The molecule has 0 saturated heterocycles. The first kappa shape index (κ1) is 15.7. The molecular weight excluding hydrogens is 296 g/mol. The zero-order valence-electron chi connectivity index (χ0n) is 10.1. The van der Waals surface area contributed by atoms with Crippen molar-refractivity contribution in [3.63, 3.8) is 0 Å². The predicted octanol–water partition coefficient (Wildman–Crippen LogP) is -0.146. The highest BCUT2D eigenvalue weighted by Gasteiger charge is 2.19. The Kier molecular flexibility index (Phi) is 4.74. The first-order valence-electron chi connectivity index (χ1n) is 5.06. The van der Waals surface area contributed by atoms with E-state index in [1.165, 1.54) is 19.2 Å². The normalized spacial score (nSPS) is 12.3. The van der Waals surface area contributed by atoms with Crippen molar-refractivity contribution >= 4 is 31.8 Å². The molecule has 108 valence electrons. The Hall–Kier alpha value is -1.36. The van der Waals surface area contributed by atoms with Crippen LogP contribution < -0.4 is 10.0 Å². The quantitative estimate of drug-likeness (QED) is 0.552. The molecule has 0 spiro atoms. The van der Waals surface area contributed by atoms with Gasteiger partial charge in [-0.3, -0.25) is 8.86 Å².